The summed E-state index contributed by atoms with van der Waals surface area (Å²) < 4.78 is 32.4. The van der Waals surface area contributed by atoms with Gasteiger partial charge in [-0.05, 0) is 152 Å². The maximum atomic E-state index is 15.7. The second kappa shape index (κ2) is 35.2. The van der Waals surface area contributed by atoms with Crippen molar-refractivity contribution in [1.82, 2.24) is 68.0 Å². The van der Waals surface area contributed by atoms with Gasteiger partial charge in [-0.3, -0.25) is 52.7 Å². The Labute approximate surface area is 604 Å². The molecule has 4 aliphatic heterocycles. The molecule has 1 unspecified atom stereocenters. The van der Waals surface area contributed by atoms with E-state index in [-0.39, 0.29) is 77.5 Å². The first-order chi connectivity index (χ1) is 49.1. The van der Waals surface area contributed by atoms with E-state index in [1.54, 1.807) is 116 Å². The fourth-order valence-corrected chi connectivity index (χ4v) is 12.8. The van der Waals surface area contributed by atoms with Gasteiger partial charge in [0.1, 0.15) is 65.0 Å². The lowest BCUT2D eigenvalue weighted by molar-refractivity contribution is -0.148. The third-order valence-electron chi connectivity index (χ3n) is 18.3. The lowest BCUT2D eigenvalue weighted by Gasteiger charge is -2.37. The molecule has 29 heteroatoms. The van der Waals surface area contributed by atoms with Crippen LogP contribution in [0.2, 0.25) is 0 Å². The SMILES string of the molecule is COc1ccc(C[C@@H]2NC(=O)[C@H]([C@@H](C)OC(C)(C)C)NC(=O)C3CCC(=O)NCc4cccc(c4)C[C@H](NC(=O)[C@@H](CNC(=O)OC(C)(C)C)NC(=O)[C@H](C)NC(=O)CCC(=O)NCc4ccc(cc4)CCNC(=O)[C@]4(C)CCCN4C2=O)C(=O)N[C@@H](Cc2c[nH]c4ccc(F)cc24)C(=O)N3C)cc1. The van der Waals surface area contributed by atoms with Gasteiger partial charge in [0.2, 0.25) is 65.0 Å². The van der Waals surface area contributed by atoms with Crippen molar-refractivity contribution in [2.24, 2.45) is 0 Å². The van der Waals surface area contributed by atoms with E-state index in [2.05, 4.69) is 58.2 Å². The van der Waals surface area contributed by atoms with Crippen LogP contribution in [-0.4, -0.2) is 185 Å². The van der Waals surface area contributed by atoms with Crippen molar-refractivity contribution in [3.8, 4) is 5.75 Å². The summed E-state index contributed by atoms with van der Waals surface area (Å²) in [5.41, 5.74) is 0.594. The molecule has 560 valence electrons. The Balaban J connectivity index is 1.21. The number of carbonyl (C=O) groups excluding carboxylic acids is 12. The molecule has 4 aliphatic rings. The van der Waals surface area contributed by atoms with E-state index in [9.17, 15) is 33.6 Å². The standard InChI is InChI=1S/C75H98FN13O15/c1-43-64(93)86-58(42-81-72(101)104-74(6,7)8)66(95)83-55-36-48-14-12-15-49(34-48)40-80-60(90)27-26-59(88(10)69(98)57(84-65(55)94)37-50-41-78-54-25-22-51(76)38-53(50)54)67(96)87-63(44(2)103-73(3,4)5)68(97)85-56(35-46-20-23-52(102-11)24-21-46)70(99)89-33-13-31-75(89,9)71(100)77-32-30-45-16-18-47(19-17-45)39-79-61(91)28-29-62(92)82-43/h12,14-25,34,38,41,43-44,55-59,63,78H,13,26-33,35-37,39-40,42H2,1-11H3,(H,77,100)(H,79,91)(H,80,90)(H,81,101)(H,82,92)(H,83,95)(H,84,94)(H,85,97)(H,86,93)(H,87,96)/t43-,44+,55-,56-,57-,58+,59?,63-,75-/m0/s1. The second-order valence-electron chi connectivity index (χ2n) is 28.9. The molecule has 0 aliphatic carbocycles. The van der Waals surface area contributed by atoms with Crippen LogP contribution in [0.3, 0.4) is 0 Å². The highest BCUT2D eigenvalue weighted by Gasteiger charge is 2.48. The Morgan fingerprint density at radius 3 is 1.99 bits per heavy atom. The molecule has 0 spiro atoms. The Morgan fingerprint density at radius 2 is 1.30 bits per heavy atom. The Morgan fingerprint density at radius 1 is 0.654 bits per heavy atom. The summed E-state index contributed by atoms with van der Waals surface area (Å²) >= 11 is 0. The molecule has 11 N–H and O–H groups in total. The average Bonchev–Trinajstić information content (AvgIpc) is 1.58. The predicted octanol–water partition coefficient (Wildman–Crippen LogP) is 3.39. The third kappa shape index (κ3) is 22.3. The third-order valence-corrected chi connectivity index (χ3v) is 18.3. The van der Waals surface area contributed by atoms with Gasteiger partial charge in [-0.15, -0.1) is 0 Å². The first-order valence-corrected chi connectivity index (χ1v) is 35.1. The van der Waals surface area contributed by atoms with Gasteiger partial charge in [0, 0.05) is 88.9 Å². The summed E-state index contributed by atoms with van der Waals surface area (Å²) in [4.78, 5) is 180. The highest BCUT2D eigenvalue weighted by Crippen LogP contribution is 2.31. The largest absolute Gasteiger partial charge is 0.497 e. The topological polar surface area (TPSA) is 375 Å². The van der Waals surface area contributed by atoms with Gasteiger partial charge in [-0.2, -0.15) is 0 Å². The highest BCUT2D eigenvalue weighted by atomic mass is 19.1. The zero-order valence-electron chi connectivity index (χ0n) is 60.9. The van der Waals surface area contributed by atoms with E-state index >= 15 is 28.4 Å². The first kappa shape index (κ1) is 79.3. The minimum atomic E-state index is -1.70. The molecular formula is C75H98FN13O15. The number of ether oxygens (including phenoxy) is 3. The number of hydrogen-bond acceptors (Lipinski definition) is 15. The molecule has 5 heterocycles. The van der Waals surface area contributed by atoms with E-state index in [4.69, 9.17) is 14.2 Å². The molecule has 1 aromatic heterocycles. The normalized spacial score (nSPS) is 23.7. The Kier molecular flexibility index (Phi) is 26.8. The van der Waals surface area contributed by atoms with E-state index in [0.717, 1.165) is 16.0 Å². The number of aromatic nitrogens is 1. The maximum absolute atomic E-state index is 15.7. The number of nitrogens with one attached hydrogen (secondary N) is 11. The average molecular weight is 1440 g/mol. The number of carbonyl (C=O) groups is 12. The van der Waals surface area contributed by atoms with Crippen molar-refractivity contribution in [3.05, 3.63) is 136 Å². The molecule has 1 fully saturated rings. The van der Waals surface area contributed by atoms with Gasteiger partial charge in [0.05, 0.1) is 25.4 Å². The molecular weight excluding hydrogens is 1340 g/mol. The number of alkyl carbamates (subject to hydrolysis) is 1. The number of likely N-dealkylation sites (N-methyl/N-ethyl adjacent to an activating group) is 1. The van der Waals surface area contributed by atoms with Gasteiger partial charge in [-0.25, -0.2) is 9.18 Å². The van der Waals surface area contributed by atoms with Gasteiger partial charge in [-0.1, -0.05) is 60.7 Å². The van der Waals surface area contributed by atoms with Crippen LogP contribution in [0.1, 0.15) is 134 Å². The minimum Gasteiger partial charge on any atom is -0.497 e. The summed E-state index contributed by atoms with van der Waals surface area (Å²) in [7, 11) is 2.77. The predicted molar refractivity (Wildman–Crippen MR) is 382 cm³/mol. The van der Waals surface area contributed by atoms with Gasteiger partial charge >= 0.3 is 6.09 Å². The number of aromatic amines is 1. The van der Waals surface area contributed by atoms with Crippen molar-refractivity contribution in [2.45, 2.75) is 205 Å². The number of H-pyrrole nitrogens is 1. The van der Waals surface area contributed by atoms with Crippen molar-refractivity contribution < 1.29 is 76.1 Å². The molecule has 9 atom stereocenters. The van der Waals surface area contributed by atoms with Crippen LogP contribution in [-0.2, 0) is 101 Å². The fourth-order valence-electron chi connectivity index (χ4n) is 12.8. The summed E-state index contributed by atoms with van der Waals surface area (Å²) in [6, 6.07) is 13.7. The Hall–Kier alpha value is -10.5. The van der Waals surface area contributed by atoms with E-state index in [1.165, 1.54) is 50.4 Å². The molecule has 4 aromatic carbocycles. The smallest absolute Gasteiger partial charge is 0.407 e. The number of halogens is 1. The summed E-state index contributed by atoms with van der Waals surface area (Å²) in [6.45, 7) is 14.3. The van der Waals surface area contributed by atoms with E-state index in [1.807, 2.05) is 12.1 Å². The van der Waals surface area contributed by atoms with Crippen molar-refractivity contribution in [1.29, 1.82) is 0 Å². The lowest BCUT2D eigenvalue weighted by atomic mass is 9.95. The zero-order chi connectivity index (χ0) is 75.8. The second-order valence-corrected chi connectivity index (χ2v) is 28.9. The quantitative estimate of drug-likeness (QED) is 0.0943. The number of amides is 12. The van der Waals surface area contributed by atoms with Crippen LogP contribution in [0, 0.1) is 5.82 Å². The summed E-state index contributed by atoms with van der Waals surface area (Å²) in [5.74, 6) is -8.60. The fraction of sp³-hybridized carbons (Fsp3) is 0.493. The lowest BCUT2D eigenvalue weighted by Crippen LogP contribution is -2.64. The van der Waals surface area contributed by atoms with Crippen LogP contribution in [0.15, 0.2) is 97.2 Å². The Bertz CT molecular complexity index is 3970. The van der Waals surface area contributed by atoms with Gasteiger partial charge < -0.3 is 82.2 Å². The maximum Gasteiger partial charge on any atom is 0.407 e. The number of benzene rings is 4. The monoisotopic (exact) mass is 1440 g/mol. The molecule has 0 radical (unpaired) electrons. The van der Waals surface area contributed by atoms with Crippen LogP contribution in [0.4, 0.5) is 9.18 Å². The molecule has 12 amide bonds. The molecule has 0 saturated carbocycles. The van der Waals surface area contributed by atoms with Crippen LogP contribution >= 0.6 is 0 Å². The number of hydrogen-bond donors (Lipinski definition) is 11. The molecule has 5 aromatic rings. The summed E-state index contributed by atoms with van der Waals surface area (Å²) in [5, 5.41) is 27.8. The molecule has 1 saturated heterocycles. The van der Waals surface area contributed by atoms with Crippen LogP contribution in [0.25, 0.3) is 10.9 Å². The molecule has 104 heavy (non-hydrogen) atoms. The molecule has 9 rings (SSSR count). The first-order valence-electron chi connectivity index (χ1n) is 35.1. The molecule has 28 nitrogen and oxygen atoms in total. The van der Waals surface area contributed by atoms with Crippen LogP contribution in [0.5, 0.6) is 5.75 Å². The minimum absolute atomic E-state index is 0.0721. The van der Waals surface area contributed by atoms with Gasteiger partial charge in [0.15, 0.2) is 0 Å². The number of nitrogens with zero attached hydrogens (tertiary/aromatic N) is 2. The van der Waals surface area contributed by atoms with Gasteiger partial charge in [0.25, 0.3) is 0 Å². The number of fused-ring (bicyclic) bond motifs is 26. The molecule has 6 bridgehead atoms. The van der Waals surface area contributed by atoms with E-state index in [0.29, 0.717) is 51.7 Å². The highest BCUT2D eigenvalue weighted by molar-refractivity contribution is 6.00. The zero-order valence-corrected chi connectivity index (χ0v) is 60.9. The number of methoxy groups -OCH3 is 1. The van der Waals surface area contributed by atoms with Crippen molar-refractivity contribution in [3.63, 3.8) is 0 Å². The van der Waals surface area contributed by atoms with Crippen LogP contribution < -0.4 is 57.9 Å². The summed E-state index contributed by atoms with van der Waals surface area (Å²) in [6.07, 6.45) is -1.68. The number of rotatable bonds is 9. The van der Waals surface area contributed by atoms with Crippen molar-refractivity contribution >= 4 is 82.0 Å². The van der Waals surface area contributed by atoms with E-state index < -0.39 is 149 Å². The van der Waals surface area contributed by atoms with Crippen molar-refractivity contribution in [2.75, 3.05) is 33.8 Å².